The summed E-state index contributed by atoms with van der Waals surface area (Å²) < 4.78 is 13.3. The van der Waals surface area contributed by atoms with Crippen molar-refractivity contribution >= 4 is 23.1 Å². The van der Waals surface area contributed by atoms with Gasteiger partial charge in [0, 0.05) is 31.2 Å². The topological polar surface area (TPSA) is 58.4 Å². The molecule has 1 aromatic carbocycles. The van der Waals surface area contributed by atoms with Gasteiger partial charge in [-0.3, -0.25) is 9.69 Å². The maximum atomic E-state index is 13.3. The Morgan fingerprint density at radius 1 is 1.43 bits per heavy atom. The Labute approximate surface area is 129 Å². The molecule has 0 saturated carbocycles. The first-order valence-corrected chi connectivity index (χ1v) is 7.43. The first kappa shape index (κ1) is 15.9. The number of hydrogen-bond donors (Lipinski definition) is 2. The van der Waals surface area contributed by atoms with Crippen LogP contribution < -0.4 is 11.1 Å². The van der Waals surface area contributed by atoms with Crippen molar-refractivity contribution in [2.24, 2.45) is 5.73 Å². The molecule has 114 valence electrons. The molecule has 21 heavy (non-hydrogen) atoms. The van der Waals surface area contributed by atoms with Crippen LogP contribution in [-0.4, -0.2) is 41.5 Å². The number of benzene rings is 1. The molecule has 0 radical (unpaired) electrons. The highest BCUT2D eigenvalue weighted by atomic mass is 32.1. The van der Waals surface area contributed by atoms with Crippen LogP contribution in [-0.2, 0) is 0 Å². The molecular weight excluding hydrogens is 289 g/mol. The Bertz CT molecular complexity index is 521. The van der Waals surface area contributed by atoms with Crippen LogP contribution in [0.5, 0.6) is 0 Å². The number of likely N-dealkylation sites (tertiary alicyclic amines) is 1. The Morgan fingerprint density at radius 2 is 2.10 bits per heavy atom. The van der Waals surface area contributed by atoms with E-state index in [0.717, 1.165) is 31.5 Å². The van der Waals surface area contributed by atoms with E-state index < -0.39 is 0 Å². The van der Waals surface area contributed by atoms with Crippen LogP contribution in [0.25, 0.3) is 0 Å². The zero-order valence-corrected chi connectivity index (χ0v) is 12.9. The molecule has 1 aliphatic heterocycles. The highest BCUT2D eigenvalue weighted by molar-refractivity contribution is 7.80. The molecule has 1 fully saturated rings. The van der Waals surface area contributed by atoms with Gasteiger partial charge in [-0.05, 0) is 43.5 Å². The summed E-state index contributed by atoms with van der Waals surface area (Å²) in [6.07, 6.45) is 1.70. The van der Waals surface area contributed by atoms with E-state index in [9.17, 15) is 9.18 Å². The van der Waals surface area contributed by atoms with Crippen LogP contribution in [0.2, 0.25) is 0 Å². The molecule has 0 aromatic heterocycles. The summed E-state index contributed by atoms with van der Waals surface area (Å²) in [4.78, 5) is 14.8. The highest BCUT2D eigenvalue weighted by Gasteiger charge is 2.21. The van der Waals surface area contributed by atoms with Crippen molar-refractivity contribution in [3.8, 4) is 0 Å². The molecule has 0 atom stereocenters. The van der Waals surface area contributed by atoms with Crippen LogP contribution in [0.15, 0.2) is 18.2 Å². The minimum absolute atomic E-state index is 0.115. The van der Waals surface area contributed by atoms with Crippen molar-refractivity contribution < 1.29 is 9.18 Å². The number of aryl methyl sites for hydroxylation is 1. The molecule has 0 unspecified atom stereocenters. The minimum atomic E-state index is -0.383. The summed E-state index contributed by atoms with van der Waals surface area (Å²) >= 11 is 4.89. The van der Waals surface area contributed by atoms with Gasteiger partial charge >= 0.3 is 0 Å². The van der Waals surface area contributed by atoms with Crippen molar-refractivity contribution in [3.05, 3.63) is 35.1 Å². The molecule has 0 bridgehead atoms. The number of nitrogens with two attached hydrogens (primary N) is 1. The number of nitrogens with one attached hydrogen (secondary N) is 1. The molecule has 2 rings (SSSR count). The second-order valence-electron chi connectivity index (χ2n) is 5.51. The van der Waals surface area contributed by atoms with Gasteiger partial charge in [0.1, 0.15) is 5.82 Å². The van der Waals surface area contributed by atoms with Gasteiger partial charge in [0.05, 0.1) is 4.99 Å². The third-order valence-corrected chi connectivity index (χ3v) is 3.74. The molecule has 4 nitrogen and oxygen atoms in total. The van der Waals surface area contributed by atoms with Crippen LogP contribution in [0.3, 0.4) is 0 Å². The van der Waals surface area contributed by atoms with Gasteiger partial charge in [0.2, 0.25) is 0 Å². The molecule has 0 aliphatic carbocycles. The number of rotatable bonds is 4. The number of nitrogens with zero attached hydrogens (tertiary/aromatic N) is 1. The minimum Gasteiger partial charge on any atom is -0.392 e. The predicted octanol–water partition coefficient (Wildman–Crippen LogP) is 1.61. The number of carbonyl (C=O) groups excluding carboxylic acids is 1. The van der Waals surface area contributed by atoms with Crippen molar-refractivity contribution in [2.75, 3.05) is 19.6 Å². The van der Waals surface area contributed by atoms with E-state index in [1.807, 2.05) is 0 Å². The first-order chi connectivity index (χ1) is 9.94. The van der Waals surface area contributed by atoms with Gasteiger partial charge in [-0.2, -0.15) is 0 Å². The van der Waals surface area contributed by atoms with E-state index in [4.69, 9.17) is 18.0 Å². The fraction of sp³-hybridized carbons (Fsp3) is 0.467. The van der Waals surface area contributed by atoms with E-state index in [1.165, 1.54) is 12.1 Å². The fourth-order valence-corrected chi connectivity index (χ4v) is 2.77. The van der Waals surface area contributed by atoms with E-state index in [2.05, 4.69) is 10.2 Å². The summed E-state index contributed by atoms with van der Waals surface area (Å²) in [6, 6.07) is 4.49. The standard InChI is InChI=1S/C15H20FN3OS/c1-10-6-11(8-12(16)7-10)15(20)18-13-2-4-19(5-3-13)9-14(17)21/h6-8,13H,2-5,9H2,1H3,(H2,17,21)(H,18,20). The van der Waals surface area contributed by atoms with Crippen LogP contribution in [0, 0.1) is 12.7 Å². The number of halogens is 1. The molecule has 6 heteroatoms. The summed E-state index contributed by atoms with van der Waals surface area (Å²) in [7, 11) is 0. The number of carbonyl (C=O) groups is 1. The maximum absolute atomic E-state index is 13.3. The van der Waals surface area contributed by atoms with Crippen LogP contribution in [0.1, 0.15) is 28.8 Å². The van der Waals surface area contributed by atoms with Gasteiger partial charge in [0.25, 0.3) is 5.91 Å². The smallest absolute Gasteiger partial charge is 0.251 e. The highest BCUT2D eigenvalue weighted by Crippen LogP contribution is 2.13. The fourth-order valence-electron chi connectivity index (χ4n) is 2.59. The molecule has 3 N–H and O–H groups in total. The summed E-state index contributed by atoms with van der Waals surface area (Å²) in [5.74, 6) is -0.600. The van der Waals surface area contributed by atoms with Gasteiger partial charge in [-0.25, -0.2) is 4.39 Å². The lowest BCUT2D eigenvalue weighted by Crippen LogP contribution is -2.46. The lowest BCUT2D eigenvalue weighted by molar-refractivity contribution is 0.0914. The Kier molecular flexibility index (Phi) is 5.25. The number of amides is 1. The maximum Gasteiger partial charge on any atom is 0.251 e. The summed E-state index contributed by atoms with van der Waals surface area (Å²) in [6.45, 7) is 4.10. The molecule has 1 aromatic rings. The Morgan fingerprint density at radius 3 is 2.67 bits per heavy atom. The van der Waals surface area contributed by atoms with Gasteiger partial charge in [-0.15, -0.1) is 0 Å². The number of piperidine rings is 1. The van der Waals surface area contributed by atoms with Crippen molar-refractivity contribution in [3.63, 3.8) is 0 Å². The van der Waals surface area contributed by atoms with Crippen LogP contribution >= 0.6 is 12.2 Å². The molecule has 0 spiro atoms. The molecule has 1 aliphatic rings. The van der Waals surface area contributed by atoms with E-state index in [0.29, 0.717) is 17.1 Å². The zero-order valence-electron chi connectivity index (χ0n) is 12.1. The normalized spacial score (nSPS) is 16.7. The van der Waals surface area contributed by atoms with Crippen molar-refractivity contribution in [1.29, 1.82) is 0 Å². The van der Waals surface area contributed by atoms with Gasteiger partial charge in [0.15, 0.2) is 0 Å². The predicted molar refractivity (Wildman–Crippen MR) is 84.9 cm³/mol. The first-order valence-electron chi connectivity index (χ1n) is 7.03. The second kappa shape index (κ2) is 6.95. The van der Waals surface area contributed by atoms with Gasteiger partial charge in [-0.1, -0.05) is 12.2 Å². The third kappa shape index (κ3) is 4.75. The third-order valence-electron chi connectivity index (χ3n) is 3.61. The van der Waals surface area contributed by atoms with Crippen LogP contribution in [0.4, 0.5) is 4.39 Å². The number of hydrogen-bond acceptors (Lipinski definition) is 3. The molecule has 1 saturated heterocycles. The Hall–Kier alpha value is -1.53. The van der Waals surface area contributed by atoms with Crippen molar-refractivity contribution in [2.45, 2.75) is 25.8 Å². The molecule has 1 heterocycles. The monoisotopic (exact) mass is 309 g/mol. The lowest BCUT2D eigenvalue weighted by Gasteiger charge is -2.32. The average Bonchev–Trinajstić information content (AvgIpc) is 2.39. The number of thiocarbonyl (C=S) groups is 1. The van der Waals surface area contributed by atoms with Gasteiger partial charge < -0.3 is 11.1 Å². The van der Waals surface area contributed by atoms with E-state index in [1.54, 1.807) is 13.0 Å². The SMILES string of the molecule is Cc1cc(F)cc(C(=O)NC2CCN(CC(N)=S)CC2)c1. The Balaban J connectivity index is 1.88. The molecular formula is C15H20FN3OS. The second-order valence-corrected chi connectivity index (χ2v) is 6.03. The quantitative estimate of drug-likeness (QED) is 0.830. The van der Waals surface area contributed by atoms with Crippen molar-refractivity contribution in [1.82, 2.24) is 10.2 Å². The summed E-state index contributed by atoms with van der Waals surface area (Å²) in [5, 5.41) is 2.97. The molecule has 1 amide bonds. The average molecular weight is 309 g/mol. The lowest BCUT2D eigenvalue weighted by atomic mass is 10.0. The van der Waals surface area contributed by atoms with E-state index >= 15 is 0 Å². The summed E-state index contributed by atoms with van der Waals surface area (Å²) in [5.41, 5.74) is 6.64. The van der Waals surface area contributed by atoms with E-state index in [-0.39, 0.29) is 17.8 Å². The zero-order chi connectivity index (χ0) is 15.4. The largest absolute Gasteiger partial charge is 0.392 e.